The van der Waals surface area contributed by atoms with Crippen molar-refractivity contribution in [1.82, 2.24) is 10.6 Å². The summed E-state index contributed by atoms with van der Waals surface area (Å²) < 4.78 is 60.5. The Morgan fingerprint density at radius 2 is 1.66 bits per heavy atom. The summed E-state index contributed by atoms with van der Waals surface area (Å²) in [5.41, 5.74) is -0.663. The van der Waals surface area contributed by atoms with E-state index in [0.29, 0.717) is 30.0 Å². The molecular formula is C29H23Cl2F2N3O7S. The van der Waals surface area contributed by atoms with E-state index in [0.717, 1.165) is 18.2 Å². The average Bonchev–Trinajstić information content (AvgIpc) is 2.94. The van der Waals surface area contributed by atoms with Crippen LogP contribution in [-0.2, 0) is 19.8 Å². The molecule has 3 aromatic carbocycles. The maximum Gasteiger partial charge on any atom is 0.332 e. The molecule has 0 saturated heterocycles. The van der Waals surface area contributed by atoms with Gasteiger partial charge in [-0.25, -0.2) is 4.39 Å². The van der Waals surface area contributed by atoms with E-state index in [9.17, 15) is 31.1 Å². The zero-order chi connectivity index (χ0) is 31.4. The Morgan fingerprint density at radius 3 is 2.32 bits per heavy atom. The number of benzene rings is 3. The zero-order valence-corrected chi connectivity index (χ0v) is 24.9. The average molecular weight is 666 g/mol. The van der Waals surface area contributed by atoms with Crippen LogP contribution in [0.3, 0.4) is 0 Å². The highest BCUT2D eigenvalue weighted by molar-refractivity contribution is 7.86. The fourth-order valence-corrected chi connectivity index (χ4v) is 6.69. The molecule has 7 rings (SSSR count). The van der Waals surface area contributed by atoms with E-state index >= 15 is 0 Å². The predicted octanol–water partition coefficient (Wildman–Crippen LogP) is 4.19. The van der Waals surface area contributed by atoms with Crippen molar-refractivity contribution in [1.29, 1.82) is 0 Å². The number of rotatable bonds is 8. The van der Waals surface area contributed by atoms with Crippen molar-refractivity contribution in [3.8, 4) is 11.5 Å². The molecule has 1 heterocycles. The molecule has 4 aliphatic rings. The van der Waals surface area contributed by atoms with Crippen molar-refractivity contribution < 1.29 is 40.6 Å². The minimum Gasteiger partial charge on any atom is -0.484 e. The van der Waals surface area contributed by atoms with Crippen LogP contribution in [0.15, 0.2) is 65.6 Å². The summed E-state index contributed by atoms with van der Waals surface area (Å²) in [7, 11) is -4.94. The van der Waals surface area contributed by atoms with Gasteiger partial charge in [0.15, 0.2) is 12.7 Å². The third-order valence-corrected chi connectivity index (χ3v) is 9.21. The van der Waals surface area contributed by atoms with Crippen LogP contribution in [0.4, 0.5) is 14.0 Å². The van der Waals surface area contributed by atoms with E-state index in [1.54, 1.807) is 6.07 Å². The lowest BCUT2D eigenvalue weighted by Gasteiger charge is -2.70. The number of anilines is 1. The number of nitrogens with one attached hydrogen (secondary N) is 2. The van der Waals surface area contributed by atoms with Gasteiger partial charge < -0.3 is 25.0 Å². The summed E-state index contributed by atoms with van der Waals surface area (Å²) in [6, 6.07) is 12.8. The van der Waals surface area contributed by atoms with Gasteiger partial charge in [-0.2, -0.15) is 8.42 Å². The SMILES string of the molecule is O=C(COc1ccc(Cl)c(F)c1)NC12CC(NC(=O)C3CN(C(=O)c4ccc(S(=O)(=O)F)cc4)c4cc(Cl)ccc4O3)(C1)C2. The van der Waals surface area contributed by atoms with Crippen molar-refractivity contribution >= 4 is 56.8 Å². The Hall–Kier alpha value is -3.94. The standard InChI is InChI=1S/C29H23Cl2F2N3O7S/c30-17-3-8-23-22(9-17)36(27(39)16-1-5-19(6-2-16)44(33,40)41)11-24(43-23)26(38)35-29-13-28(14-29,15-29)34-25(37)12-42-18-4-7-20(31)21(32)10-18/h1-10,24H,11-15H2,(H,34,37)(H,35,38). The van der Waals surface area contributed by atoms with Crippen LogP contribution in [0.5, 0.6) is 11.5 Å². The van der Waals surface area contributed by atoms with Crippen LogP contribution in [0.1, 0.15) is 29.6 Å². The number of carbonyl (C=O) groups is 3. The summed E-state index contributed by atoms with van der Waals surface area (Å²) >= 11 is 11.8. The molecule has 1 aliphatic heterocycles. The number of nitrogens with zero attached hydrogens (tertiary/aromatic N) is 1. The number of hydrogen-bond donors (Lipinski definition) is 2. The van der Waals surface area contributed by atoms with Gasteiger partial charge in [-0.3, -0.25) is 14.4 Å². The molecule has 3 fully saturated rings. The van der Waals surface area contributed by atoms with Crippen LogP contribution in [-0.4, -0.2) is 56.5 Å². The number of amides is 3. The van der Waals surface area contributed by atoms with E-state index < -0.39 is 55.8 Å². The first kappa shape index (κ1) is 30.1. The smallest absolute Gasteiger partial charge is 0.332 e. The van der Waals surface area contributed by atoms with E-state index in [2.05, 4.69) is 10.6 Å². The maximum atomic E-state index is 13.6. The van der Waals surface area contributed by atoms with Crippen molar-refractivity contribution in [2.45, 2.75) is 41.3 Å². The van der Waals surface area contributed by atoms with E-state index in [4.69, 9.17) is 32.7 Å². The van der Waals surface area contributed by atoms with Gasteiger partial charge in [0.25, 0.3) is 17.7 Å². The normalized spacial score (nSPS) is 23.3. The Morgan fingerprint density at radius 1 is 0.977 bits per heavy atom. The minimum absolute atomic E-state index is 0.0569. The van der Waals surface area contributed by atoms with Crippen molar-refractivity contribution in [2.75, 3.05) is 18.1 Å². The second kappa shape index (κ2) is 10.9. The highest BCUT2D eigenvalue weighted by atomic mass is 35.5. The van der Waals surface area contributed by atoms with Crippen molar-refractivity contribution in [3.63, 3.8) is 0 Å². The van der Waals surface area contributed by atoms with E-state index in [1.165, 1.54) is 41.3 Å². The lowest BCUT2D eigenvalue weighted by atomic mass is 9.44. The topological polar surface area (TPSA) is 131 Å². The Bertz CT molecular complexity index is 1790. The van der Waals surface area contributed by atoms with E-state index in [-0.39, 0.29) is 35.2 Å². The van der Waals surface area contributed by atoms with Gasteiger partial charge in [0.2, 0.25) is 0 Å². The van der Waals surface area contributed by atoms with Gasteiger partial charge >= 0.3 is 10.2 Å². The summed E-state index contributed by atoms with van der Waals surface area (Å²) in [6.45, 7) is -0.501. The molecule has 3 aliphatic carbocycles. The number of fused-ring (bicyclic) bond motifs is 1. The van der Waals surface area contributed by atoms with Crippen molar-refractivity contribution in [2.24, 2.45) is 0 Å². The van der Waals surface area contributed by atoms with Crippen LogP contribution >= 0.6 is 23.2 Å². The van der Waals surface area contributed by atoms with Gasteiger partial charge in [0, 0.05) is 27.7 Å². The Balaban J connectivity index is 1.08. The fraction of sp³-hybridized carbons (Fsp3) is 0.276. The summed E-state index contributed by atoms with van der Waals surface area (Å²) in [6.07, 6.45) is 0.362. The fourth-order valence-electron chi connectivity index (χ4n) is 5.94. The molecule has 0 aromatic heterocycles. The van der Waals surface area contributed by atoms with Gasteiger partial charge in [0.1, 0.15) is 17.3 Å². The Kier molecular flexibility index (Phi) is 7.45. The maximum absolute atomic E-state index is 13.6. The second-order valence-corrected chi connectivity index (χ2v) is 13.3. The zero-order valence-electron chi connectivity index (χ0n) is 22.6. The monoisotopic (exact) mass is 665 g/mol. The lowest BCUT2D eigenvalue weighted by Crippen LogP contribution is -2.84. The van der Waals surface area contributed by atoms with E-state index in [1.807, 2.05) is 0 Å². The number of hydrogen-bond acceptors (Lipinski definition) is 7. The molecule has 1 atom stereocenters. The van der Waals surface area contributed by atoms with Crippen LogP contribution < -0.4 is 25.0 Å². The predicted molar refractivity (Wildman–Crippen MR) is 155 cm³/mol. The van der Waals surface area contributed by atoms with Crippen LogP contribution in [0.25, 0.3) is 0 Å². The molecule has 1 unspecified atom stereocenters. The largest absolute Gasteiger partial charge is 0.484 e. The molecule has 2 bridgehead atoms. The van der Waals surface area contributed by atoms with Crippen LogP contribution in [0.2, 0.25) is 10.0 Å². The highest BCUT2D eigenvalue weighted by Gasteiger charge is 2.69. The molecule has 15 heteroatoms. The first-order valence-electron chi connectivity index (χ1n) is 13.3. The minimum atomic E-state index is -4.94. The molecular weight excluding hydrogens is 643 g/mol. The van der Waals surface area contributed by atoms with Gasteiger partial charge in [0.05, 0.1) is 22.2 Å². The quantitative estimate of drug-likeness (QED) is 0.345. The van der Waals surface area contributed by atoms with Gasteiger partial charge in [-0.15, -0.1) is 3.89 Å². The molecule has 230 valence electrons. The highest BCUT2D eigenvalue weighted by Crippen LogP contribution is 2.60. The molecule has 44 heavy (non-hydrogen) atoms. The number of carbonyl (C=O) groups excluding carboxylic acids is 3. The first-order valence-corrected chi connectivity index (χ1v) is 15.4. The lowest BCUT2D eigenvalue weighted by molar-refractivity contribution is -0.153. The molecule has 2 N–H and O–H groups in total. The molecule has 0 spiro atoms. The molecule has 10 nitrogen and oxygen atoms in total. The first-order chi connectivity index (χ1) is 20.7. The van der Waals surface area contributed by atoms with Crippen molar-refractivity contribution in [3.05, 3.63) is 82.1 Å². The third-order valence-electron chi connectivity index (χ3n) is 7.83. The second-order valence-electron chi connectivity index (χ2n) is 11.1. The number of ether oxygens (including phenoxy) is 2. The summed E-state index contributed by atoms with van der Waals surface area (Å²) in [5, 5.41) is 6.16. The van der Waals surface area contributed by atoms with Gasteiger partial charge in [-0.05, 0) is 73.9 Å². The number of halogens is 4. The van der Waals surface area contributed by atoms with Crippen LogP contribution in [0, 0.1) is 5.82 Å². The molecule has 3 saturated carbocycles. The molecule has 0 radical (unpaired) electrons. The molecule has 3 aromatic rings. The summed E-state index contributed by atoms with van der Waals surface area (Å²) in [4.78, 5) is 40.0. The Labute approximate surface area is 260 Å². The summed E-state index contributed by atoms with van der Waals surface area (Å²) in [5.74, 6) is -1.69. The molecule has 3 amide bonds. The third kappa shape index (κ3) is 5.78. The van der Waals surface area contributed by atoms with Gasteiger partial charge in [-0.1, -0.05) is 23.2 Å².